The Morgan fingerprint density at radius 1 is 0.727 bits per heavy atom. The lowest BCUT2D eigenvalue weighted by Gasteiger charge is -2.07. The van der Waals surface area contributed by atoms with Gasteiger partial charge in [-0.1, -0.05) is 90.4 Å². The molecule has 0 amide bonds. The zero-order valence-corrected chi connectivity index (χ0v) is 15.6. The molecule has 0 fully saturated rings. The summed E-state index contributed by atoms with van der Waals surface area (Å²) in [5.41, 5.74) is 0. The lowest BCUT2D eigenvalue weighted by molar-refractivity contribution is 0.0461. The maximum absolute atomic E-state index is 9.22. The Bertz CT molecular complexity index is 200. The van der Waals surface area contributed by atoms with Crippen LogP contribution in [0, 0.1) is 0 Å². The van der Waals surface area contributed by atoms with Gasteiger partial charge in [-0.3, -0.25) is 0 Å². The Morgan fingerprint density at radius 2 is 1.14 bits per heavy atom. The van der Waals surface area contributed by atoms with E-state index in [9.17, 15) is 5.11 Å². The zero-order chi connectivity index (χ0) is 16.3. The van der Waals surface area contributed by atoms with Gasteiger partial charge in [0.25, 0.3) is 0 Å². The van der Waals surface area contributed by atoms with E-state index in [2.05, 4.69) is 6.92 Å². The minimum atomic E-state index is -0.506. The number of unbranched alkanes of at least 4 members (excludes halogenated alkanes) is 13. The molecule has 2 nitrogen and oxygen atoms in total. The van der Waals surface area contributed by atoms with Crippen molar-refractivity contribution in [3.63, 3.8) is 0 Å². The van der Waals surface area contributed by atoms with Gasteiger partial charge in [0.15, 0.2) is 0 Å². The number of aliphatic hydroxyl groups excluding tert-OH is 1. The normalized spacial score (nSPS) is 12.7. The first-order valence-electron chi connectivity index (χ1n) is 9.63. The molecule has 0 aromatic heterocycles. The average Bonchev–Trinajstić information content (AvgIpc) is 2.54. The van der Waals surface area contributed by atoms with Crippen LogP contribution in [-0.2, 0) is 4.74 Å². The molecule has 0 aromatic rings. The van der Waals surface area contributed by atoms with Crippen LogP contribution in [-0.4, -0.2) is 30.3 Å². The predicted octanol–water partition coefficient (Wildman–Crippen LogP) is 6.08. The number of halogens is 1. The summed E-state index contributed by atoms with van der Waals surface area (Å²) < 4.78 is 5.36. The fourth-order valence-corrected chi connectivity index (χ4v) is 2.75. The number of hydrogen-bond donors (Lipinski definition) is 1. The first kappa shape index (κ1) is 22.2. The second kappa shape index (κ2) is 19.3. The lowest BCUT2D eigenvalue weighted by Crippen LogP contribution is -2.17. The van der Waals surface area contributed by atoms with Crippen LogP contribution in [0.5, 0.6) is 0 Å². The fraction of sp³-hybridized carbons (Fsp3) is 1.00. The molecule has 0 saturated carbocycles. The number of ether oxygens (including phenoxy) is 1. The Morgan fingerprint density at radius 3 is 1.55 bits per heavy atom. The number of hydrogen-bond acceptors (Lipinski definition) is 2. The maximum atomic E-state index is 9.22. The van der Waals surface area contributed by atoms with E-state index in [0.717, 1.165) is 13.0 Å². The van der Waals surface area contributed by atoms with E-state index in [1.54, 1.807) is 0 Å². The van der Waals surface area contributed by atoms with Gasteiger partial charge in [-0.15, -0.1) is 11.6 Å². The Kier molecular flexibility index (Phi) is 19.4. The first-order valence-corrected chi connectivity index (χ1v) is 10.2. The van der Waals surface area contributed by atoms with Crippen molar-refractivity contribution in [3.05, 3.63) is 0 Å². The minimum absolute atomic E-state index is 0.263. The third-order valence-electron chi connectivity index (χ3n) is 4.13. The van der Waals surface area contributed by atoms with Gasteiger partial charge >= 0.3 is 0 Å². The largest absolute Gasteiger partial charge is 0.389 e. The molecule has 0 aromatic carbocycles. The Labute approximate surface area is 144 Å². The summed E-state index contributed by atoms with van der Waals surface area (Å²) in [6, 6.07) is 0. The summed E-state index contributed by atoms with van der Waals surface area (Å²) >= 11 is 5.49. The molecule has 3 heteroatoms. The Hall–Kier alpha value is 0.210. The fourth-order valence-electron chi connectivity index (χ4n) is 2.66. The molecule has 134 valence electrons. The maximum Gasteiger partial charge on any atom is 0.0908 e. The van der Waals surface area contributed by atoms with E-state index in [4.69, 9.17) is 16.3 Å². The topological polar surface area (TPSA) is 29.5 Å². The molecule has 0 unspecified atom stereocenters. The van der Waals surface area contributed by atoms with Crippen LogP contribution in [0.25, 0.3) is 0 Å². The van der Waals surface area contributed by atoms with Gasteiger partial charge in [0.1, 0.15) is 0 Å². The van der Waals surface area contributed by atoms with E-state index in [1.807, 2.05) is 0 Å². The smallest absolute Gasteiger partial charge is 0.0908 e. The molecule has 0 aliphatic rings. The SMILES string of the molecule is CCCCCCCCCCCCCCCCOC[C@@H](O)CCl. The molecule has 1 atom stereocenters. The number of alkyl halides is 1. The summed E-state index contributed by atoms with van der Waals surface area (Å²) in [4.78, 5) is 0. The summed E-state index contributed by atoms with van der Waals surface area (Å²) in [6.07, 6.45) is 18.7. The Balaban J connectivity index is 2.97. The van der Waals surface area contributed by atoms with Crippen molar-refractivity contribution in [1.82, 2.24) is 0 Å². The summed E-state index contributed by atoms with van der Waals surface area (Å²) in [6.45, 7) is 3.41. The molecule has 0 aliphatic carbocycles. The van der Waals surface area contributed by atoms with Crippen LogP contribution >= 0.6 is 11.6 Å². The van der Waals surface area contributed by atoms with Crippen molar-refractivity contribution < 1.29 is 9.84 Å². The van der Waals surface area contributed by atoms with Gasteiger partial charge < -0.3 is 9.84 Å². The standard InChI is InChI=1S/C19H39ClO2/c1-2-3-4-5-6-7-8-9-10-11-12-13-14-15-16-22-18-19(21)17-20/h19,21H,2-18H2,1H3/t19-/m0/s1. The van der Waals surface area contributed by atoms with Crippen molar-refractivity contribution in [1.29, 1.82) is 0 Å². The van der Waals surface area contributed by atoms with Gasteiger partial charge in [0, 0.05) is 6.61 Å². The van der Waals surface area contributed by atoms with Crippen LogP contribution in [0.3, 0.4) is 0 Å². The van der Waals surface area contributed by atoms with Crippen molar-refractivity contribution in [2.45, 2.75) is 103 Å². The number of rotatable bonds is 18. The van der Waals surface area contributed by atoms with Crippen molar-refractivity contribution in [2.24, 2.45) is 0 Å². The highest BCUT2D eigenvalue weighted by Gasteiger charge is 2.00. The summed E-state index contributed by atoms with van der Waals surface area (Å²) in [7, 11) is 0. The third kappa shape index (κ3) is 18.3. The minimum Gasteiger partial charge on any atom is -0.389 e. The molecular weight excluding hydrogens is 296 g/mol. The molecule has 0 radical (unpaired) electrons. The monoisotopic (exact) mass is 334 g/mol. The van der Waals surface area contributed by atoms with E-state index < -0.39 is 6.10 Å². The summed E-state index contributed by atoms with van der Waals surface area (Å²) in [5, 5.41) is 9.22. The zero-order valence-electron chi connectivity index (χ0n) is 14.8. The van der Waals surface area contributed by atoms with Gasteiger partial charge in [-0.05, 0) is 6.42 Å². The predicted molar refractivity (Wildman–Crippen MR) is 97.9 cm³/mol. The van der Waals surface area contributed by atoms with E-state index in [0.29, 0.717) is 6.61 Å². The van der Waals surface area contributed by atoms with Gasteiger partial charge in [0.2, 0.25) is 0 Å². The van der Waals surface area contributed by atoms with Crippen molar-refractivity contribution in [3.8, 4) is 0 Å². The third-order valence-corrected chi connectivity index (χ3v) is 4.49. The first-order chi connectivity index (χ1) is 10.8. The molecule has 0 bridgehead atoms. The van der Waals surface area contributed by atoms with Crippen molar-refractivity contribution >= 4 is 11.6 Å². The highest BCUT2D eigenvalue weighted by Crippen LogP contribution is 2.12. The number of aliphatic hydroxyl groups is 1. The average molecular weight is 335 g/mol. The molecule has 0 spiro atoms. The van der Waals surface area contributed by atoms with Crippen LogP contribution in [0.15, 0.2) is 0 Å². The lowest BCUT2D eigenvalue weighted by atomic mass is 10.0. The van der Waals surface area contributed by atoms with E-state index >= 15 is 0 Å². The quantitative estimate of drug-likeness (QED) is 0.243. The highest BCUT2D eigenvalue weighted by atomic mass is 35.5. The second-order valence-electron chi connectivity index (χ2n) is 6.48. The van der Waals surface area contributed by atoms with Crippen LogP contribution in [0.4, 0.5) is 0 Å². The summed E-state index contributed by atoms with van der Waals surface area (Å²) in [5.74, 6) is 0.263. The second-order valence-corrected chi connectivity index (χ2v) is 6.79. The van der Waals surface area contributed by atoms with Crippen LogP contribution in [0.2, 0.25) is 0 Å². The molecule has 0 rings (SSSR count). The molecule has 0 aliphatic heterocycles. The molecule has 0 heterocycles. The van der Waals surface area contributed by atoms with Crippen LogP contribution in [0.1, 0.15) is 96.8 Å². The molecule has 0 saturated heterocycles. The van der Waals surface area contributed by atoms with E-state index in [1.165, 1.54) is 83.5 Å². The molecular formula is C19H39ClO2. The highest BCUT2D eigenvalue weighted by molar-refractivity contribution is 6.18. The van der Waals surface area contributed by atoms with Crippen LogP contribution < -0.4 is 0 Å². The molecule has 1 N–H and O–H groups in total. The van der Waals surface area contributed by atoms with Gasteiger partial charge in [-0.2, -0.15) is 0 Å². The van der Waals surface area contributed by atoms with Crippen molar-refractivity contribution in [2.75, 3.05) is 19.1 Å². The van der Waals surface area contributed by atoms with Gasteiger partial charge in [0.05, 0.1) is 18.6 Å². The molecule has 22 heavy (non-hydrogen) atoms. The van der Waals surface area contributed by atoms with Gasteiger partial charge in [-0.25, -0.2) is 0 Å². The van der Waals surface area contributed by atoms with E-state index in [-0.39, 0.29) is 5.88 Å².